The predicted molar refractivity (Wildman–Crippen MR) is 82.1 cm³/mol. The minimum Gasteiger partial charge on any atom is -0.377 e. The molecular formula is C13H19N5OS. The fourth-order valence-corrected chi connectivity index (χ4v) is 3.46. The van der Waals surface area contributed by atoms with Gasteiger partial charge in [0.25, 0.3) is 0 Å². The number of fused-ring (bicyclic) bond motifs is 1. The molecule has 0 aromatic carbocycles. The van der Waals surface area contributed by atoms with Gasteiger partial charge in [0.15, 0.2) is 0 Å². The van der Waals surface area contributed by atoms with Gasteiger partial charge in [0, 0.05) is 20.2 Å². The third-order valence-corrected chi connectivity index (χ3v) is 4.69. The molecule has 1 saturated heterocycles. The van der Waals surface area contributed by atoms with Crippen molar-refractivity contribution >= 4 is 33.3 Å². The van der Waals surface area contributed by atoms with E-state index in [0.717, 1.165) is 42.0 Å². The summed E-state index contributed by atoms with van der Waals surface area (Å²) in [6.07, 6.45) is 2.16. The average molecular weight is 293 g/mol. The maximum atomic E-state index is 5.66. The Morgan fingerprint density at radius 2 is 2.35 bits per heavy atom. The Balaban J connectivity index is 2.02. The van der Waals surface area contributed by atoms with E-state index < -0.39 is 0 Å². The van der Waals surface area contributed by atoms with Crippen LogP contribution < -0.4 is 16.2 Å². The van der Waals surface area contributed by atoms with Crippen molar-refractivity contribution in [2.75, 3.05) is 30.5 Å². The maximum absolute atomic E-state index is 5.66. The number of nitrogens with one attached hydrogen (secondary N) is 1. The molecule has 1 atom stereocenters. The number of methoxy groups -OCH3 is 1. The van der Waals surface area contributed by atoms with E-state index in [9.17, 15) is 0 Å². The monoisotopic (exact) mass is 293 g/mol. The van der Waals surface area contributed by atoms with Crippen molar-refractivity contribution < 1.29 is 4.74 Å². The molecule has 3 heterocycles. The smallest absolute Gasteiger partial charge is 0.240 e. The summed E-state index contributed by atoms with van der Waals surface area (Å²) in [6.45, 7) is 3.95. The van der Waals surface area contributed by atoms with Crippen LogP contribution in [0.3, 0.4) is 0 Å². The Labute approximate surface area is 121 Å². The number of piperidine rings is 1. The number of nitrogen functional groups attached to an aromatic ring is 1. The molecule has 0 bridgehead atoms. The first-order chi connectivity index (χ1) is 9.65. The number of hydrogen-bond acceptors (Lipinski definition) is 7. The second kappa shape index (κ2) is 5.16. The van der Waals surface area contributed by atoms with Crippen molar-refractivity contribution in [1.29, 1.82) is 0 Å². The van der Waals surface area contributed by atoms with E-state index in [-0.39, 0.29) is 5.60 Å². The summed E-state index contributed by atoms with van der Waals surface area (Å²) in [4.78, 5) is 12.1. The number of nitrogens with zero attached hydrogens (tertiary/aromatic N) is 3. The Bertz CT molecular complexity index is 616. The molecule has 0 amide bonds. The topological polar surface area (TPSA) is 76.3 Å². The summed E-state index contributed by atoms with van der Waals surface area (Å²) >= 11 is 1.60. The van der Waals surface area contributed by atoms with Crippen molar-refractivity contribution in [3.05, 3.63) is 11.4 Å². The van der Waals surface area contributed by atoms with Crippen LogP contribution in [-0.2, 0) is 4.74 Å². The highest BCUT2D eigenvalue weighted by Crippen LogP contribution is 2.33. The molecule has 0 spiro atoms. The van der Waals surface area contributed by atoms with Crippen LogP contribution in [0.15, 0.2) is 11.4 Å². The molecule has 0 saturated carbocycles. The first-order valence-electron chi connectivity index (χ1n) is 6.67. The number of anilines is 2. The van der Waals surface area contributed by atoms with Crippen molar-refractivity contribution in [3.63, 3.8) is 0 Å². The van der Waals surface area contributed by atoms with Gasteiger partial charge in [-0.25, -0.2) is 10.8 Å². The molecule has 1 fully saturated rings. The summed E-state index contributed by atoms with van der Waals surface area (Å²) in [5.74, 6) is 6.87. The number of rotatable bonds is 3. The van der Waals surface area contributed by atoms with Crippen LogP contribution in [0.5, 0.6) is 0 Å². The molecule has 2 aromatic heterocycles. The van der Waals surface area contributed by atoms with Gasteiger partial charge in [0.2, 0.25) is 5.95 Å². The lowest BCUT2D eigenvalue weighted by Crippen LogP contribution is -2.47. The highest BCUT2D eigenvalue weighted by Gasteiger charge is 2.32. The van der Waals surface area contributed by atoms with Crippen LogP contribution in [0.25, 0.3) is 10.2 Å². The Morgan fingerprint density at radius 3 is 3.10 bits per heavy atom. The molecule has 1 aliphatic rings. The van der Waals surface area contributed by atoms with E-state index in [4.69, 9.17) is 10.6 Å². The number of nitrogens with two attached hydrogens (primary N) is 1. The van der Waals surface area contributed by atoms with Gasteiger partial charge in [-0.2, -0.15) is 4.98 Å². The lowest BCUT2D eigenvalue weighted by molar-refractivity contribution is -0.00475. The summed E-state index contributed by atoms with van der Waals surface area (Å²) in [5, 5.41) is 3.11. The molecule has 7 heteroatoms. The standard InChI is InChI=1S/C13H19N5OS/c1-13(19-2)5-3-6-18(8-13)10-9-4-7-20-11(9)16-12(15-10)17-14/h4,7H,3,5-6,8,14H2,1-2H3,(H,15,16,17). The van der Waals surface area contributed by atoms with Crippen LogP contribution in [0, 0.1) is 0 Å². The van der Waals surface area contributed by atoms with Crippen LogP contribution in [-0.4, -0.2) is 35.8 Å². The zero-order chi connectivity index (χ0) is 14.2. The second-order valence-corrected chi connectivity index (χ2v) is 6.23. The van der Waals surface area contributed by atoms with Gasteiger partial charge < -0.3 is 9.64 Å². The van der Waals surface area contributed by atoms with E-state index in [1.165, 1.54) is 0 Å². The summed E-state index contributed by atoms with van der Waals surface area (Å²) in [5.41, 5.74) is 2.43. The van der Waals surface area contributed by atoms with Crippen LogP contribution in [0.1, 0.15) is 19.8 Å². The van der Waals surface area contributed by atoms with Crippen molar-refractivity contribution in [2.24, 2.45) is 5.84 Å². The number of ether oxygens (including phenoxy) is 1. The number of hydrogen-bond donors (Lipinski definition) is 2. The molecule has 20 heavy (non-hydrogen) atoms. The first-order valence-corrected chi connectivity index (χ1v) is 7.55. The number of aromatic nitrogens is 2. The summed E-state index contributed by atoms with van der Waals surface area (Å²) in [7, 11) is 1.77. The van der Waals surface area contributed by atoms with Crippen molar-refractivity contribution in [3.8, 4) is 0 Å². The Kier molecular flexibility index (Phi) is 3.49. The number of hydrazine groups is 1. The second-order valence-electron chi connectivity index (χ2n) is 5.33. The Morgan fingerprint density at radius 1 is 1.50 bits per heavy atom. The zero-order valence-corrected chi connectivity index (χ0v) is 12.5. The minimum atomic E-state index is -0.123. The molecule has 0 aliphatic carbocycles. The SMILES string of the molecule is COC1(C)CCCN(c2nc(NN)nc3sccc23)C1. The van der Waals surface area contributed by atoms with Gasteiger partial charge in [-0.15, -0.1) is 11.3 Å². The van der Waals surface area contributed by atoms with Crippen molar-refractivity contribution in [2.45, 2.75) is 25.4 Å². The van der Waals surface area contributed by atoms with E-state index in [0.29, 0.717) is 5.95 Å². The van der Waals surface area contributed by atoms with Crippen molar-refractivity contribution in [1.82, 2.24) is 9.97 Å². The highest BCUT2D eigenvalue weighted by molar-refractivity contribution is 7.16. The fourth-order valence-electron chi connectivity index (χ4n) is 2.70. The molecule has 6 nitrogen and oxygen atoms in total. The first kappa shape index (κ1) is 13.5. The molecular weight excluding hydrogens is 274 g/mol. The quantitative estimate of drug-likeness (QED) is 0.666. The molecule has 1 aliphatic heterocycles. The van der Waals surface area contributed by atoms with Gasteiger partial charge >= 0.3 is 0 Å². The molecule has 1 unspecified atom stereocenters. The zero-order valence-electron chi connectivity index (χ0n) is 11.7. The normalized spacial score (nSPS) is 23.2. The number of thiophene rings is 1. The predicted octanol–water partition coefficient (Wildman–Crippen LogP) is 1.98. The van der Waals surface area contributed by atoms with E-state index in [1.807, 2.05) is 5.38 Å². The van der Waals surface area contributed by atoms with Gasteiger partial charge in [0.05, 0.1) is 11.0 Å². The van der Waals surface area contributed by atoms with Gasteiger partial charge in [-0.05, 0) is 31.2 Å². The third kappa shape index (κ3) is 2.32. The molecule has 3 rings (SSSR count). The van der Waals surface area contributed by atoms with Gasteiger partial charge in [-0.3, -0.25) is 5.43 Å². The average Bonchev–Trinajstić information content (AvgIpc) is 2.94. The van der Waals surface area contributed by atoms with Crippen LogP contribution in [0.2, 0.25) is 0 Å². The van der Waals surface area contributed by atoms with E-state index >= 15 is 0 Å². The molecule has 0 radical (unpaired) electrons. The van der Waals surface area contributed by atoms with E-state index in [1.54, 1.807) is 18.4 Å². The lowest BCUT2D eigenvalue weighted by Gasteiger charge is -2.40. The van der Waals surface area contributed by atoms with Gasteiger partial charge in [-0.1, -0.05) is 0 Å². The summed E-state index contributed by atoms with van der Waals surface area (Å²) in [6, 6.07) is 2.06. The van der Waals surface area contributed by atoms with Gasteiger partial charge in [0.1, 0.15) is 10.6 Å². The molecule has 2 aromatic rings. The summed E-state index contributed by atoms with van der Waals surface area (Å²) < 4.78 is 5.66. The molecule has 3 N–H and O–H groups in total. The lowest BCUT2D eigenvalue weighted by atomic mass is 9.94. The van der Waals surface area contributed by atoms with Crippen LogP contribution >= 0.6 is 11.3 Å². The molecule has 108 valence electrons. The Hall–Kier alpha value is -1.44. The van der Waals surface area contributed by atoms with Crippen LogP contribution in [0.4, 0.5) is 11.8 Å². The maximum Gasteiger partial charge on any atom is 0.240 e. The fraction of sp³-hybridized carbons (Fsp3) is 0.538. The third-order valence-electron chi connectivity index (χ3n) is 3.89. The van der Waals surface area contributed by atoms with E-state index in [2.05, 4.69) is 33.3 Å². The largest absolute Gasteiger partial charge is 0.377 e. The highest BCUT2D eigenvalue weighted by atomic mass is 32.1. The minimum absolute atomic E-state index is 0.123.